The lowest BCUT2D eigenvalue weighted by Gasteiger charge is -2.21. The number of carbonyl (C=O) groups is 4. The topological polar surface area (TPSA) is 237 Å². The Morgan fingerprint density at radius 3 is 0.680 bits per heavy atom. The Hall–Kier alpha value is -1.94. The van der Waals surface area contributed by atoms with Gasteiger partial charge in [0.15, 0.2) is 12.2 Å². The van der Waals surface area contributed by atoms with Crippen molar-refractivity contribution in [3.63, 3.8) is 0 Å². The van der Waals surface area contributed by atoms with Gasteiger partial charge < -0.3 is 33.8 Å². The Morgan fingerprint density at radius 1 is 0.270 bits per heavy atom. The molecule has 0 aromatic rings. The SMILES string of the molecule is CCCCCCCCCCCCCCCCCCCCCC(=O)OC[C@H](COP(=O)(O)OC[C@@H](O)COP(=O)(O)OC[C@@H](COC(=O)CCCCCCCCC)OC(=O)CCCCCCCCCCCCCCC(C)C)OC(=O)CCCCCCCCCCCCCCCCCCCCC. The van der Waals surface area contributed by atoms with Gasteiger partial charge in [-0.15, -0.1) is 0 Å². The maximum absolute atomic E-state index is 13.1. The van der Waals surface area contributed by atoms with Crippen LogP contribution in [0.2, 0.25) is 0 Å². The van der Waals surface area contributed by atoms with Gasteiger partial charge in [0, 0.05) is 25.7 Å². The number of hydrogen-bond acceptors (Lipinski definition) is 15. The molecule has 100 heavy (non-hydrogen) atoms. The van der Waals surface area contributed by atoms with Gasteiger partial charge in [-0.3, -0.25) is 37.3 Å². The molecule has 594 valence electrons. The molecular formula is C81H158O17P2. The summed E-state index contributed by atoms with van der Waals surface area (Å²) in [5, 5.41) is 10.6. The molecule has 0 aromatic carbocycles. The molecule has 0 spiro atoms. The van der Waals surface area contributed by atoms with Crippen LogP contribution >= 0.6 is 15.6 Å². The number of hydrogen-bond donors (Lipinski definition) is 3. The Morgan fingerprint density at radius 2 is 0.460 bits per heavy atom. The predicted octanol–water partition coefficient (Wildman–Crippen LogP) is 24.4. The Kier molecular flexibility index (Phi) is 72.5. The number of unbranched alkanes of at least 4 members (excludes halogenated alkanes) is 53. The average molecular weight is 1470 g/mol. The molecule has 0 aliphatic carbocycles. The summed E-state index contributed by atoms with van der Waals surface area (Å²) < 4.78 is 68.6. The first-order chi connectivity index (χ1) is 48.5. The lowest BCUT2D eigenvalue weighted by atomic mass is 10.0. The molecule has 0 amide bonds. The van der Waals surface area contributed by atoms with E-state index in [4.69, 9.17) is 37.0 Å². The molecule has 0 heterocycles. The number of ether oxygens (including phenoxy) is 4. The number of aliphatic hydroxyl groups is 1. The largest absolute Gasteiger partial charge is 0.472 e. The number of esters is 4. The highest BCUT2D eigenvalue weighted by molar-refractivity contribution is 7.47. The van der Waals surface area contributed by atoms with Crippen LogP contribution in [0.5, 0.6) is 0 Å². The molecule has 0 radical (unpaired) electrons. The van der Waals surface area contributed by atoms with E-state index in [0.717, 1.165) is 109 Å². The molecule has 0 saturated heterocycles. The minimum atomic E-state index is -4.96. The van der Waals surface area contributed by atoms with Crippen LogP contribution in [0, 0.1) is 5.92 Å². The fraction of sp³-hybridized carbons (Fsp3) is 0.951. The fourth-order valence-corrected chi connectivity index (χ4v) is 14.2. The van der Waals surface area contributed by atoms with Crippen molar-refractivity contribution in [1.82, 2.24) is 0 Å². The lowest BCUT2D eigenvalue weighted by Crippen LogP contribution is -2.30. The van der Waals surface area contributed by atoms with Gasteiger partial charge in [0.25, 0.3) is 0 Å². The summed E-state index contributed by atoms with van der Waals surface area (Å²) in [6, 6.07) is 0. The first-order valence-corrected chi connectivity index (χ1v) is 45.1. The van der Waals surface area contributed by atoms with Crippen molar-refractivity contribution in [2.75, 3.05) is 39.6 Å². The number of phosphoric ester groups is 2. The number of aliphatic hydroxyl groups excluding tert-OH is 1. The molecule has 5 atom stereocenters. The normalized spacial score (nSPS) is 13.8. The summed E-state index contributed by atoms with van der Waals surface area (Å²) in [7, 11) is -9.91. The highest BCUT2D eigenvalue weighted by Gasteiger charge is 2.30. The van der Waals surface area contributed by atoms with Crippen molar-refractivity contribution in [2.45, 2.75) is 451 Å². The van der Waals surface area contributed by atoms with E-state index in [-0.39, 0.29) is 25.7 Å². The second-order valence-electron chi connectivity index (χ2n) is 29.6. The Balaban J connectivity index is 5.17. The van der Waals surface area contributed by atoms with Crippen molar-refractivity contribution in [1.29, 1.82) is 0 Å². The number of carbonyl (C=O) groups excluding carboxylic acids is 4. The molecule has 0 aliphatic rings. The molecule has 2 unspecified atom stereocenters. The van der Waals surface area contributed by atoms with Gasteiger partial charge in [-0.2, -0.15) is 0 Å². The molecule has 0 bridgehead atoms. The van der Waals surface area contributed by atoms with E-state index in [1.807, 2.05) is 0 Å². The van der Waals surface area contributed by atoms with Crippen LogP contribution in [0.4, 0.5) is 0 Å². The zero-order chi connectivity index (χ0) is 73.4. The van der Waals surface area contributed by atoms with Gasteiger partial charge >= 0.3 is 39.5 Å². The molecular weight excluding hydrogens is 1310 g/mol. The minimum Gasteiger partial charge on any atom is -0.462 e. The Bertz CT molecular complexity index is 1910. The van der Waals surface area contributed by atoms with Gasteiger partial charge in [0.1, 0.15) is 19.3 Å². The number of phosphoric acid groups is 2. The quantitative estimate of drug-likeness (QED) is 0.0222. The van der Waals surface area contributed by atoms with Gasteiger partial charge in [-0.1, -0.05) is 381 Å². The standard InChI is InChI=1S/C81H158O17P2/c1-6-9-12-15-18-20-22-24-26-28-30-32-34-36-41-45-50-55-60-65-79(84)92-71-77(98-81(86)66-61-56-51-46-42-37-35-33-31-29-27-25-23-21-19-16-13-10-7-2)73-96-100(89,90)94-69-75(82)68-93-99(87,88)95-72-76(70-91-78(83)64-59-54-48-17-14-11-8-3)97-80(85)67-62-57-52-47-43-39-38-40-44-49-53-58-63-74(4)5/h74-77,82H,6-73H2,1-5H3,(H,87,88)(H,89,90)/t75-,76+,77+/m0/s1. The summed E-state index contributed by atoms with van der Waals surface area (Å²) in [4.78, 5) is 72.9. The van der Waals surface area contributed by atoms with Gasteiger partial charge in [0.05, 0.1) is 26.4 Å². The van der Waals surface area contributed by atoms with Crippen molar-refractivity contribution in [3.05, 3.63) is 0 Å². The molecule has 0 saturated carbocycles. The van der Waals surface area contributed by atoms with Crippen molar-refractivity contribution in [2.24, 2.45) is 5.92 Å². The van der Waals surface area contributed by atoms with Crippen LogP contribution in [-0.2, 0) is 65.4 Å². The van der Waals surface area contributed by atoms with E-state index in [0.29, 0.717) is 25.7 Å². The van der Waals surface area contributed by atoms with E-state index in [2.05, 4.69) is 34.6 Å². The van der Waals surface area contributed by atoms with Crippen molar-refractivity contribution < 1.29 is 80.2 Å². The summed E-state index contributed by atoms with van der Waals surface area (Å²) in [5.74, 6) is -1.33. The Labute approximate surface area is 613 Å². The van der Waals surface area contributed by atoms with E-state index in [1.54, 1.807) is 0 Å². The lowest BCUT2D eigenvalue weighted by molar-refractivity contribution is -0.161. The third-order valence-electron chi connectivity index (χ3n) is 19.0. The van der Waals surface area contributed by atoms with Crippen LogP contribution in [0.15, 0.2) is 0 Å². The molecule has 0 aromatic heterocycles. The van der Waals surface area contributed by atoms with Crippen LogP contribution in [0.25, 0.3) is 0 Å². The zero-order valence-corrected chi connectivity index (χ0v) is 67.1. The van der Waals surface area contributed by atoms with Gasteiger partial charge in [0.2, 0.25) is 0 Å². The maximum Gasteiger partial charge on any atom is 0.472 e. The fourth-order valence-electron chi connectivity index (χ4n) is 12.6. The molecule has 17 nitrogen and oxygen atoms in total. The smallest absolute Gasteiger partial charge is 0.462 e. The van der Waals surface area contributed by atoms with E-state index < -0.39 is 97.5 Å². The zero-order valence-electron chi connectivity index (χ0n) is 65.3. The van der Waals surface area contributed by atoms with Crippen LogP contribution in [-0.4, -0.2) is 96.7 Å². The second kappa shape index (κ2) is 73.9. The van der Waals surface area contributed by atoms with Gasteiger partial charge in [-0.25, -0.2) is 9.13 Å². The molecule has 3 N–H and O–H groups in total. The highest BCUT2D eigenvalue weighted by atomic mass is 31.2. The minimum absolute atomic E-state index is 0.107. The predicted molar refractivity (Wildman–Crippen MR) is 409 cm³/mol. The average Bonchev–Trinajstić information content (AvgIpc) is 0.939. The van der Waals surface area contributed by atoms with Gasteiger partial charge in [-0.05, 0) is 31.6 Å². The first-order valence-electron chi connectivity index (χ1n) is 42.1. The molecule has 19 heteroatoms. The summed E-state index contributed by atoms with van der Waals surface area (Å²) >= 11 is 0. The van der Waals surface area contributed by atoms with E-state index >= 15 is 0 Å². The van der Waals surface area contributed by atoms with Crippen molar-refractivity contribution >= 4 is 39.5 Å². The first kappa shape index (κ1) is 98.1. The van der Waals surface area contributed by atoms with Crippen LogP contribution in [0.1, 0.15) is 433 Å². The highest BCUT2D eigenvalue weighted by Crippen LogP contribution is 2.45. The van der Waals surface area contributed by atoms with Crippen molar-refractivity contribution in [3.8, 4) is 0 Å². The molecule has 0 aliphatic heterocycles. The summed E-state index contributed by atoms with van der Waals surface area (Å²) in [6.07, 6.45) is 65.4. The van der Waals surface area contributed by atoms with Crippen LogP contribution < -0.4 is 0 Å². The summed E-state index contributed by atoms with van der Waals surface area (Å²) in [5.41, 5.74) is 0. The molecule has 0 rings (SSSR count). The van der Waals surface area contributed by atoms with E-state index in [9.17, 15) is 43.2 Å². The second-order valence-corrected chi connectivity index (χ2v) is 32.5. The monoisotopic (exact) mass is 1470 g/mol. The molecule has 0 fully saturated rings. The number of rotatable bonds is 81. The summed E-state index contributed by atoms with van der Waals surface area (Å²) in [6.45, 7) is 7.30. The van der Waals surface area contributed by atoms with Crippen LogP contribution in [0.3, 0.4) is 0 Å². The maximum atomic E-state index is 13.1. The van der Waals surface area contributed by atoms with E-state index in [1.165, 1.54) is 244 Å². The third kappa shape index (κ3) is 74.3. The third-order valence-corrected chi connectivity index (χ3v) is 20.9.